The molecule has 35 heavy (non-hydrogen) atoms. The number of hydrogen-bond donors (Lipinski definition) is 0. The van der Waals surface area contributed by atoms with E-state index in [9.17, 15) is 0 Å². The fourth-order valence-electron chi connectivity index (χ4n) is 5.31. The summed E-state index contributed by atoms with van der Waals surface area (Å²) >= 11 is 0. The molecule has 1 heterocycles. The summed E-state index contributed by atoms with van der Waals surface area (Å²) in [7, 11) is 0. The first-order chi connectivity index (χ1) is 17.4. The predicted octanol–water partition coefficient (Wildman–Crippen LogP) is 9.61. The van der Waals surface area contributed by atoms with Crippen molar-refractivity contribution in [2.24, 2.45) is 0 Å². The summed E-state index contributed by atoms with van der Waals surface area (Å²) < 4.78 is 6.90. The molecule has 0 spiro atoms. The van der Waals surface area contributed by atoms with Crippen molar-refractivity contribution in [2.45, 2.75) is 0 Å². The molecule has 0 unspecified atom stereocenters. The van der Waals surface area contributed by atoms with Crippen LogP contribution >= 0.6 is 0 Å². The summed E-state index contributed by atoms with van der Waals surface area (Å²) in [6, 6.07) is 47.2. The molecule has 6 aromatic carbocycles. The van der Waals surface area contributed by atoms with Crippen LogP contribution in [0.4, 0.5) is 0 Å². The summed E-state index contributed by atoms with van der Waals surface area (Å²) in [5, 5.41) is 2.27. The molecule has 0 N–H and O–H groups in total. The van der Waals surface area contributed by atoms with Crippen LogP contribution in [0.25, 0.3) is 55.3 Å². The molecule has 0 bridgehead atoms. The molecular formula is C34H22O. The Morgan fingerprint density at radius 3 is 1.34 bits per heavy atom. The van der Waals surface area contributed by atoms with E-state index in [1.807, 2.05) is 6.07 Å². The first-order valence-corrected chi connectivity index (χ1v) is 12.0. The molecule has 0 radical (unpaired) electrons. The van der Waals surface area contributed by atoms with Crippen molar-refractivity contribution in [3.05, 3.63) is 133 Å². The van der Waals surface area contributed by atoms with Crippen molar-refractivity contribution in [3.8, 4) is 56.0 Å². The summed E-state index contributed by atoms with van der Waals surface area (Å²) in [6.07, 6.45) is 0. The molecular weight excluding hydrogens is 424 g/mol. The van der Waals surface area contributed by atoms with Crippen molar-refractivity contribution in [3.63, 3.8) is 0 Å². The second-order valence-electron chi connectivity index (χ2n) is 8.90. The molecule has 0 saturated carbocycles. The summed E-state index contributed by atoms with van der Waals surface area (Å²) in [5.41, 5.74) is 9.34. The van der Waals surface area contributed by atoms with E-state index in [0.717, 1.165) is 44.5 Å². The minimum Gasteiger partial charge on any atom is -0.455 e. The van der Waals surface area contributed by atoms with Crippen LogP contribution in [0, 0.1) is 0 Å². The zero-order chi connectivity index (χ0) is 23.2. The van der Waals surface area contributed by atoms with Gasteiger partial charge in [-0.05, 0) is 50.9 Å². The number of para-hydroxylation sites is 1. The third-order valence-electron chi connectivity index (χ3n) is 6.92. The van der Waals surface area contributed by atoms with Crippen LogP contribution in [0.1, 0.15) is 0 Å². The van der Waals surface area contributed by atoms with E-state index >= 15 is 0 Å². The summed E-state index contributed by atoms with van der Waals surface area (Å²) in [4.78, 5) is 0. The highest BCUT2D eigenvalue weighted by Gasteiger charge is 2.21. The molecule has 0 aromatic heterocycles. The molecule has 1 aliphatic rings. The molecule has 0 aliphatic carbocycles. The first kappa shape index (κ1) is 19.8. The maximum absolute atomic E-state index is 6.90. The lowest BCUT2D eigenvalue weighted by Gasteiger charge is -2.18. The molecule has 1 aliphatic heterocycles. The molecule has 164 valence electrons. The van der Waals surface area contributed by atoms with Crippen molar-refractivity contribution in [1.82, 2.24) is 0 Å². The molecule has 1 nitrogen and oxygen atoms in total. The zero-order valence-electron chi connectivity index (χ0n) is 19.1. The van der Waals surface area contributed by atoms with E-state index in [0.29, 0.717) is 0 Å². The average molecular weight is 447 g/mol. The Morgan fingerprint density at radius 2 is 0.743 bits per heavy atom. The molecule has 0 saturated heterocycles. The van der Waals surface area contributed by atoms with Gasteiger partial charge in [-0.2, -0.15) is 0 Å². The van der Waals surface area contributed by atoms with E-state index in [2.05, 4.69) is 127 Å². The first-order valence-electron chi connectivity index (χ1n) is 12.0. The summed E-state index contributed by atoms with van der Waals surface area (Å²) in [5.74, 6) is 1.74. The topological polar surface area (TPSA) is 9.23 Å². The predicted molar refractivity (Wildman–Crippen MR) is 146 cm³/mol. The smallest absolute Gasteiger partial charge is 0.143 e. The lowest BCUT2D eigenvalue weighted by molar-refractivity contribution is 0.492. The van der Waals surface area contributed by atoms with Crippen LogP contribution in [0.2, 0.25) is 0 Å². The van der Waals surface area contributed by atoms with Crippen molar-refractivity contribution in [2.75, 3.05) is 0 Å². The number of benzene rings is 6. The zero-order valence-corrected chi connectivity index (χ0v) is 19.1. The lowest BCUT2D eigenvalue weighted by Crippen LogP contribution is -1.93. The van der Waals surface area contributed by atoms with Crippen molar-refractivity contribution in [1.29, 1.82) is 0 Å². The Balaban J connectivity index is 1.68. The van der Waals surface area contributed by atoms with Gasteiger partial charge >= 0.3 is 0 Å². The van der Waals surface area contributed by atoms with Gasteiger partial charge in [-0.25, -0.2) is 0 Å². The third-order valence-corrected chi connectivity index (χ3v) is 6.92. The van der Waals surface area contributed by atoms with E-state index in [1.54, 1.807) is 0 Å². The molecule has 6 aromatic rings. The fourth-order valence-corrected chi connectivity index (χ4v) is 5.31. The number of hydrogen-bond acceptors (Lipinski definition) is 1. The van der Waals surface area contributed by atoms with Gasteiger partial charge < -0.3 is 4.74 Å². The maximum atomic E-state index is 6.90. The van der Waals surface area contributed by atoms with Crippen LogP contribution < -0.4 is 4.74 Å². The minimum atomic E-state index is 0.856. The average Bonchev–Trinajstić information content (AvgIpc) is 2.95. The number of rotatable bonds is 0. The SMILES string of the molecule is c1ccc2c(c1)Oc1c(ccc3ccccc13)-c1ccccc1-c1ccccc1-c1ccccc1-2. The number of ether oxygens (including phenoxy) is 1. The maximum Gasteiger partial charge on any atom is 0.143 e. The Labute approximate surface area is 204 Å². The van der Waals surface area contributed by atoms with E-state index in [-0.39, 0.29) is 0 Å². The van der Waals surface area contributed by atoms with E-state index < -0.39 is 0 Å². The molecule has 0 atom stereocenters. The highest BCUT2D eigenvalue weighted by Crippen LogP contribution is 2.49. The van der Waals surface area contributed by atoms with Crippen LogP contribution in [-0.2, 0) is 0 Å². The summed E-state index contributed by atoms with van der Waals surface area (Å²) in [6.45, 7) is 0. The van der Waals surface area contributed by atoms with Gasteiger partial charge in [0, 0.05) is 16.5 Å². The molecule has 1 heteroatoms. The minimum absolute atomic E-state index is 0.856. The number of fused-ring (bicyclic) bond motifs is 11. The van der Waals surface area contributed by atoms with Crippen molar-refractivity contribution < 1.29 is 4.74 Å². The monoisotopic (exact) mass is 446 g/mol. The highest BCUT2D eigenvalue weighted by molar-refractivity contribution is 6.02. The van der Waals surface area contributed by atoms with Crippen molar-refractivity contribution >= 4 is 10.8 Å². The van der Waals surface area contributed by atoms with Gasteiger partial charge in [-0.1, -0.05) is 121 Å². The van der Waals surface area contributed by atoms with Gasteiger partial charge in [-0.3, -0.25) is 0 Å². The van der Waals surface area contributed by atoms with Crippen LogP contribution in [0.5, 0.6) is 11.5 Å². The quantitative estimate of drug-likeness (QED) is 0.225. The third kappa shape index (κ3) is 3.17. The normalized spacial score (nSPS) is 11.7. The van der Waals surface area contributed by atoms with Crippen LogP contribution in [0.3, 0.4) is 0 Å². The molecule has 0 amide bonds. The van der Waals surface area contributed by atoms with Gasteiger partial charge in [0.2, 0.25) is 0 Å². The Bertz CT molecular complexity index is 1730. The largest absolute Gasteiger partial charge is 0.455 e. The Kier molecular flexibility index (Phi) is 4.53. The lowest BCUT2D eigenvalue weighted by atomic mass is 9.86. The fraction of sp³-hybridized carbons (Fsp3) is 0. The van der Waals surface area contributed by atoms with Gasteiger partial charge in [0.1, 0.15) is 11.5 Å². The highest BCUT2D eigenvalue weighted by atomic mass is 16.5. The van der Waals surface area contributed by atoms with Gasteiger partial charge in [0.15, 0.2) is 0 Å². The van der Waals surface area contributed by atoms with E-state index in [1.165, 1.54) is 22.3 Å². The van der Waals surface area contributed by atoms with E-state index in [4.69, 9.17) is 4.74 Å². The Hall–Kier alpha value is -4.62. The van der Waals surface area contributed by atoms with Gasteiger partial charge in [0.25, 0.3) is 0 Å². The second-order valence-corrected chi connectivity index (χ2v) is 8.90. The molecule has 7 rings (SSSR count). The molecule has 0 fully saturated rings. The van der Waals surface area contributed by atoms with Crippen LogP contribution in [-0.4, -0.2) is 0 Å². The van der Waals surface area contributed by atoms with Gasteiger partial charge in [0.05, 0.1) is 0 Å². The standard InChI is InChI=1S/C34H22O/c1-2-12-24-23(11-1)21-22-32-30-18-8-6-16-28(30)26-14-4-3-13-25(26)27-15-5-7-17-29(27)31-19-9-10-20-33(31)35-34(24)32/h1-22H. The Morgan fingerprint density at radius 1 is 0.314 bits per heavy atom. The second kappa shape index (κ2) is 8.00. The van der Waals surface area contributed by atoms with Gasteiger partial charge in [-0.15, -0.1) is 0 Å². The van der Waals surface area contributed by atoms with Crippen LogP contribution in [0.15, 0.2) is 133 Å².